The average molecular weight is 254 g/mol. The molecule has 0 heterocycles. The highest BCUT2D eigenvalue weighted by atomic mass is 16.4. The van der Waals surface area contributed by atoms with Crippen molar-refractivity contribution in [1.82, 2.24) is 5.32 Å². The van der Waals surface area contributed by atoms with Crippen LogP contribution in [0.4, 0.5) is 0 Å². The van der Waals surface area contributed by atoms with Gasteiger partial charge in [0.1, 0.15) is 0 Å². The Morgan fingerprint density at radius 1 is 1.28 bits per heavy atom. The van der Waals surface area contributed by atoms with Crippen LogP contribution in [-0.4, -0.2) is 29.1 Å². The Kier molecular flexibility index (Phi) is 3.61. The summed E-state index contributed by atoms with van der Waals surface area (Å²) in [6, 6.07) is -0.780. The van der Waals surface area contributed by atoms with E-state index in [1.54, 1.807) is 0 Å². The number of nitrogens with two attached hydrogens (primary N) is 1. The SMILES string of the molecule is CC(C)[C@H](N)C(=O)NC1C2CCC(C2)C1C(=O)O. The maximum Gasteiger partial charge on any atom is 0.308 e. The van der Waals surface area contributed by atoms with Gasteiger partial charge < -0.3 is 16.2 Å². The molecule has 0 saturated heterocycles. The molecule has 5 atom stereocenters. The summed E-state index contributed by atoms with van der Waals surface area (Å²) in [5.74, 6) is -0.814. The van der Waals surface area contributed by atoms with Crippen molar-refractivity contribution in [2.75, 3.05) is 0 Å². The number of carbonyl (C=O) groups excluding carboxylic acids is 1. The molecule has 2 saturated carbocycles. The molecule has 0 aliphatic heterocycles. The second-order valence-corrected chi connectivity index (χ2v) is 6.00. The first kappa shape index (κ1) is 13.3. The molecular weight excluding hydrogens is 232 g/mol. The zero-order valence-corrected chi connectivity index (χ0v) is 10.9. The van der Waals surface area contributed by atoms with E-state index in [2.05, 4.69) is 5.32 Å². The highest BCUT2D eigenvalue weighted by molar-refractivity contribution is 5.83. The van der Waals surface area contributed by atoms with Crippen LogP contribution in [0.3, 0.4) is 0 Å². The second-order valence-electron chi connectivity index (χ2n) is 6.00. The van der Waals surface area contributed by atoms with Crippen molar-refractivity contribution >= 4 is 11.9 Å². The fraction of sp³-hybridized carbons (Fsp3) is 0.846. The summed E-state index contributed by atoms with van der Waals surface area (Å²) in [5.41, 5.74) is 5.80. The van der Waals surface area contributed by atoms with Crippen molar-refractivity contribution in [1.29, 1.82) is 0 Å². The van der Waals surface area contributed by atoms with E-state index in [0.29, 0.717) is 5.92 Å². The monoisotopic (exact) mass is 254 g/mol. The molecule has 2 aliphatic rings. The number of hydrogen-bond donors (Lipinski definition) is 3. The van der Waals surface area contributed by atoms with Crippen LogP contribution in [-0.2, 0) is 9.59 Å². The van der Waals surface area contributed by atoms with Gasteiger partial charge in [-0.1, -0.05) is 13.8 Å². The van der Waals surface area contributed by atoms with Crippen molar-refractivity contribution in [2.24, 2.45) is 29.4 Å². The Hall–Kier alpha value is -1.10. The molecule has 2 aliphatic carbocycles. The van der Waals surface area contributed by atoms with Crippen LogP contribution in [0, 0.1) is 23.7 Å². The number of carboxylic acids is 1. The molecule has 5 heteroatoms. The van der Waals surface area contributed by atoms with E-state index >= 15 is 0 Å². The van der Waals surface area contributed by atoms with E-state index in [0.717, 1.165) is 19.3 Å². The predicted molar refractivity (Wildman–Crippen MR) is 66.7 cm³/mol. The highest BCUT2D eigenvalue weighted by Gasteiger charge is 2.51. The minimum absolute atomic E-state index is 0.0619. The Bertz CT molecular complexity index is 356. The molecule has 4 unspecified atom stereocenters. The van der Waals surface area contributed by atoms with Gasteiger partial charge in [-0.3, -0.25) is 9.59 Å². The predicted octanol–water partition coefficient (Wildman–Crippen LogP) is 0.585. The molecule has 2 fully saturated rings. The molecule has 4 N–H and O–H groups in total. The van der Waals surface area contributed by atoms with Crippen molar-refractivity contribution in [2.45, 2.75) is 45.2 Å². The number of nitrogens with one attached hydrogen (secondary N) is 1. The fourth-order valence-electron chi connectivity index (χ4n) is 3.42. The minimum atomic E-state index is -0.786. The topological polar surface area (TPSA) is 92.4 Å². The number of carbonyl (C=O) groups is 2. The summed E-state index contributed by atoms with van der Waals surface area (Å²) in [7, 11) is 0. The number of fused-ring (bicyclic) bond motifs is 2. The smallest absolute Gasteiger partial charge is 0.308 e. The van der Waals surface area contributed by atoms with Crippen molar-refractivity contribution in [3.8, 4) is 0 Å². The molecule has 0 radical (unpaired) electrons. The van der Waals surface area contributed by atoms with E-state index < -0.39 is 17.9 Å². The van der Waals surface area contributed by atoms with Gasteiger partial charge in [0.25, 0.3) is 0 Å². The molecule has 1 amide bonds. The van der Waals surface area contributed by atoms with Crippen LogP contribution in [0.25, 0.3) is 0 Å². The molecule has 5 nitrogen and oxygen atoms in total. The minimum Gasteiger partial charge on any atom is -0.481 e. The lowest BCUT2D eigenvalue weighted by atomic mass is 9.84. The molecule has 0 aromatic heterocycles. The summed E-state index contributed by atoms with van der Waals surface area (Å²) < 4.78 is 0. The van der Waals surface area contributed by atoms with E-state index in [4.69, 9.17) is 5.73 Å². The summed E-state index contributed by atoms with van der Waals surface area (Å²) in [6.45, 7) is 3.78. The van der Waals surface area contributed by atoms with Crippen molar-refractivity contribution in [3.63, 3.8) is 0 Å². The van der Waals surface area contributed by atoms with Crippen LogP contribution in [0.15, 0.2) is 0 Å². The van der Waals surface area contributed by atoms with E-state index in [1.807, 2.05) is 13.8 Å². The van der Waals surface area contributed by atoms with E-state index in [9.17, 15) is 14.7 Å². The van der Waals surface area contributed by atoms with Gasteiger partial charge in [-0.05, 0) is 37.0 Å². The third-order valence-corrected chi connectivity index (χ3v) is 4.53. The van der Waals surface area contributed by atoms with Crippen LogP contribution >= 0.6 is 0 Å². The first-order valence-corrected chi connectivity index (χ1v) is 6.70. The number of aliphatic carboxylic acids is 1. The maximum atomic E-state index is 12.0. The molecular formula is C13H22N2O3. The number of amides is 1. The molecule has 0 spiro atoms. The van der Waals surface area contributed by atoms with Gasteiger partial charge in [-0.25, -0.2) is 0 Å². The van der Waals surface area contributed by atoms with Crippen molar-refractivity contribution in [3.05, 3.63) is 0 Å². The van der Waals surface area contributed by atoms with Gasteiger partial charge in [-0.2, -0.15) is 0 Å². The lowest BCUT2D eigenvalue weighted by molar-refractivity contribution is -0.144. The third-order valence-electron chi connectivity index (χ3n) is 4.53. The maximum absolute atomic E-state index is 12.0. The summed E-state index contributed by atoms with van der Waals surface area (Å²) in [4.78, 5) is 23.3. The first-order valence-electron chi connectivity index (χ1n) is 6.70. The van der Waals surface area contributed by atoms with Gasteiger partial charge in [0.2, 0.25) is 5.91 Å². The van der Waals surface area contributed by atoms with Crippen LogP contribution in [0.1, 0.15) is 33.1 Å². The number of rotatable bonds is 4. The average Bonchev–Trinajstić information content (AvgIpc) is 2.87. The standard InChI is InChI=1S/C13H22N2O3/c1-6(2)10(14)12(16)15-11-8-4-3-7(5-8)9(11)13(17)18/h6-11H,3-5,14H2,1-2H3,(H,15,16)(H,17,18)/t7?,8?,9?,10-,11?/m0/s1. The van der Waals surface area contributed by atoms with Gasteiger partial charge in [0, 0.05) is 6.04 Å². The number of hydrogen-bond acceptors (Lipinski definition) is 3. The van der Waals surface area contributed by atoms with Gasteiger partial charge in [0.15, 0.2) is 0 Å². The fourth-order valence-corrected chi connectivity index (χ4v) is 3.42. The zero-order valence-electron chi connectivity index (χ0n) is 10.9. The van der Waals surface area contributed by atoms with Crippen molar-refractivity contribution < 1.29 is 14.7 Å². The summed E-state index contributed by atoms with van der Waals surface area (Å²) >= 11 is 0. The largest absolute Gasteiger partial charge is 0.481 e. The lowest BCUT2D eigenvalue weighted by Crippen LogP contribution is -2.53. The molecule has 18 heavy (non-hydrogen) atoms. The normalized spacial score (nSPS) is 35.8. The second kappa shape index (κ2) is 4.88. The van der Waals surface area contributed by atoms with Crippen LogP contribution in [0.5, 0.6) is 0 Å². The Labute approximate surface area is 107 Å². The molecule has 102 valence electrons. The number of carboxylic acid groups (broad SMARTS) is 1. The van der Waals surface area contributed by atoms with E-state index in [1.165, 1.54) is 0 Å². The van der Waals surface area contributed by atoms with Crippen LogP contribution < -0.4 is 11.1 Å². The first-order chi connectivity index (χ1) is 8.41. The van der Waals surface area contributed by atoms with Gasteiger partial charge >= 0.3 is 5.97 Å². The Morgan fingerprint density at radius 2 is 1.89 bits per heavy atom. The Balaban J connectivity index is 2.04. The summed E-state index contributed by atoms with van der Waals surface area (Å²) in [6.07, 6.45) is 2.93. The van der Waals surface area contributed by atoms with Gasteiger partial charge in [0.05, 0.1) is 12.0 Å². The zero-order chi connectivity index (χ0) is 13.4. The molecule has 2 rings (SSSR count). The van der Waals surface area contributed by atoms with Crippen LogP contribution in [0.2, 0.25) is 0 Å². The lowest BCUT2D eigenvalue weighted by Gasteiger charge is -2.30. The molecule has 2 bridgehead atoms. The quantitative estimate of drug-likeness (QED) is 0.684. The molecule has 0 aromatic carbocycles. The highest BCUT2D eigenvalue weighted by Crippen LogP contribution is 2.48. The summed E-state index contributed by atoms with van der Waals surface area (Å²) in [5, 5.41) is 12.2. The third kappa shape index (κ3) is 2.23. The molecule has 0 aromatic rings. The van der Waals surface area contributed by atoms with Gasteiger partial charge in [-0.15, -0.1) is 0 Å². The van der Waals surface area contributed by atoms with E-state index in [-0.39, 0.29) is 23.8 Å². The Morgan fingerprint density at radius 3 is 2.44 bits per heavy atom.